The Balaban J connectivity index is 1.82. The maximum absolute atomic E-state index is 12.2. The zero-order valence-electron chi connectivity index (χ0n) is 14.9. The quantitative estimate of drug-likeness (QED) is 0.503. The maximum Gasteiger partial charge on any atom is 0.365 e. The SMILES string of the molecule is CC12CCC(C(N)=O)(CC1=NOC(=O)c1ccc([N+](=O)[O-])cc1)C2(C)C. The van der Waals surface area contributed by atoms with E-state index in [4.69, 9.17) is 10.6 Å². The molecular formula is C18H21N3O5. The van der Waals surface area contributed by atoms with Crippen LogP contribution in [0.3, 0.4) is 0 Å². The first kappa shape index (κ1) is 18.0. The molecule has 0 aromatic heterocycles. The number of primary amides is 1. The second kappa shape index (κ2) is 5.62. The molecule has 0 saturated heterocycles. The lowest BCUT2D eigenvalue weighted by molar-refractivity contribution is -0.384. The Morgan fingerprint density at radius 1 is 1.19 bits per heavy atom. The zero-order valence-corrected chi connectivity index (χ0v) is 14.9. The van der Waals surface area contributed by atoms with Crippen LogP contribution in [0.5, 0.6) is 0 Å². The molecule has 0 heterocycles. The van der Waals surface area contributed by atoms with Crippen molar-refractivity contribution in [2.45, 2.75) is 40.0 Å². The number of rotatable bonds is 4. The van der Waals surface area contributed by atoms with Crippen molar-refractivity contribution in [2.24, 2.45) is 27.1 Å². The number of nitro groups is 1. The van der Waals surface area contributed by atoms with Crippen molar-refractivity contribution in [3.63, 3.8) is 0 Å². The molecule has 2 fully saturated rings. The van der Waals surface area contributed by atoms with Gasteiger partial charge in [0, 0.05) is 24.0 Å². The van der Waals surface area contributed by atoms with Crippen molar-refractivity contribution in [1.29, 1.82) is 0 Å². The molecular weight excluding hydrogens is 338 g/mol. The summed E-state index contributed by atoms with van der Waals surface area (Å²) in [6.45, 7) is 6.03. The predicted molar refractivity (Wildman–Crippen MR) is 93.3 cm³/mol. The minimum Gasteiger partial charge on any atom is -0.369 e. The monoisotopic (exact) mass is 359 g/mol. The van der Waals surface area contributed by atoms with Crippen LogP contribution in [0, 0.1) is 26.4 Å². The Hall–Kier alpha value is -2.77. The summed E-state index contributed by atoms with van der Waals surface area (Å²) in [6.07, 6.45) is 1.82. The number of carbonyl (C=O) groups is 2. The number of nitrogens with two attached hydrogens (primary N) is 1. The van der Waals surface area contributed by atoms with E-state index >= 15 is 0 Å². The standard InChI is InChI=1S/C18H21N3O5/c1-16(2)17(3)8-9-18(16,15(19)23)10-13(17)20-26-14(22)11-4-6-12(7-5-11)21(24)25/h4-7H,8-10H2,1-3H3,(H2,19,23). The van der Waals surface area contributed by atoms with Crippen LogP contribution in [0.15, 0.2) is 29.4 Å². The highest BCUT2D eigenvalue weighted by Gasteiger charge is 2.71. The van der Waals surface area contributed by atoms with Crippen LogP contribution >= 0.6 is 0 Å². The Morgan fingerprint density at radius 2 is 1.81 bits per heavy atom. The number of nitrogens with zero attached hydrogens (tertiary/aromatic N) is 2. The summed E-state index contributed by atoms with van der Waals surface area (Å²) in [7, 11) is 0. The van der Waals surface area contributed by atoms with Gasteiger partial charge >= 0.3 is 5.97 Å². The summed E-state index contributed by atoms with van der Waals surface area (Å²) in [5.41, 5.74) is 4.96. The van der Waals surface area contributed by atoms with E-state index in [9.17, 15) is 19.7 Å². The van der Waals surface area contributed by atoms with Crippen molar-refractivity contribution in [1.82, 2.24) is 0 Å². The molecule has 2 aliphatic rings. The average molecular weight is 359 g/mol. The van der Waals surface area contributed by atoms with E-state index in [0.29, 0.717) is 18.6 Å². The first-order chi connectivity index (χ1) is 12.0. The van der Waals surface area contributed by atoms with E-state index in [1.807, 2.05) is 20.8 Å². The zero-order chi connectivity index (χ0) is 19.3. The number of hydrogen-bond donors (Lipinski definition) is 1. The van der Waals surface area contributed by atoms with Gasteiger partial charge in [0.15, 0.2) is 0 Å². The summed E-state index contributed by atoms with van der Waals surface area (Å²) in [5.74, 6) is -1.05. The van der Waals surface area contributed by atoms with E-state index in [1.165, 1.54) is 24.3 Å². The van der Waals surface area contributed by atoms with Crippen LogP contribution in [0.4, 0.5) is 5.69 Å². The first-order valence-electron chi connectivity index (χ1n) is 8.38. The predicted octanol–water partition coefficient (Wildman–Crippen LogP) is 2.81. The van der Waals surface area contributed by atoms with Gasteiger partial charge in [-0.15, -0.1) is 0 Å². The Bertz CT molecular complexity index is 830. The smallest absolute Gasteiger partial charge is 0.365 e. The molecule has 2 atom stereocenters. The van der Waals surface area contributed by atoms with E-state index in [-0.39, 0.29) is 28.0 Å². The maximum atomic E-state index is 12.2. The largest absolute Gasteiger partial charge is 0.369 e. The third kappa shape index (κ3) is 2.24. The fraction of sp³-hybridized carbons (Fsp3) is 0.500. The number of carbonyl (C=O) groups excluding carboxylic acids is 2. The Morgan fingerprint density at radius 3 is 2.31 bits per heavy atom. The summed E-state index contributed by atoms with van der Waals surface area (Å²) in [5, 5.41) is 14.7. The third-order valence-corrected chi connectivity index (χ3v) is 6.76. The third-order valence-electron chi connectivity index (χ3n) is 6.76. The lowest BCUT2D eigenvalue weighted by atomic mass is 9.64. The number of hydrogen-bond acceptors (Lipinski definition) is 6. The topological polar surface area (TPSA) is 125 Å². The lowest BCUT2D eigenvalue weighted by Crippen LogP contribution is -2.44. The van der Waals surface area contributed by atoms with Gasteiger partial charge in [0.1, 0.15) is 0 Å². The highest BCUT2D eigenvalue weighted by Crippen LogP contribution is 2.70. The second-order valence-electron chi connectivity index (χ2n) is 7.80. The van der Waals surface area contributed by atoms with Gasteiger partial charge in [-0.2, -0.15) is 0 Å². The van der Waals surface area contributed by atoms with Crippen LogP contribution in [0.2, 0.25) is 0 Å². The van der Waals surface area contributed by atoms with E-state index in [2.05, 4.69) is 5.16 Å². The molecule has 1 amide bonds. The molecule has 0 spiro atoms. The van der Waals surface area contributed by atoms with Crippen molar-refractivity contribution in [3.05, 3.63) is 39.9 Å². The molecule has 0 aliphatic heterocycles. The lowest BCUT2D eigenvalue weighted by Gasteiger charge is -2.38. The van der Waals surface area contributed by atoms with Gasteiger partial charge < -0.3 is 10.6 Å². The van der Waals surface area contributed by atoms with Crippen molar-refractivity contribution in [2.75, 3.05) is 0 Å². The Labute approximate surface area is 150 Å². The first-order valence-corrected chi connectivity index (χ1v) is 8.38. The van der Waals surface area contributed by atoms with Gasteiger partial charge in [-0.05, 0) is 30.4 Å². The summed E-state index contributed by atoms with van der Waals surface area (Å²) in [4.78, 5) is 39.5. The van der Waals surface area contributed by atoms with E-state index in [1.54, 1.807) is 0 Å². The number of non-ortho nitro benzene ring substituents is 1. The molecule has 1 aromatic carbocycles. The van der Waals surface area contributed by atoms with Crippen LogP contribution in [0.1, 0.15) is 50.4 Å². The molecule has 26 heavy (non-hydrogen) atoms. The number of benzene rings is 1. The summed E-state index contributed by atoms with van der Waals surface area (Å²) < 4.78 is 0. The van der Waals surface area contributed by atoms with Crippen LogP contribution < -0.4 is 5.73 Å². The normalized spacial score (nSPS) is 30.3. The molecule has 2 aliphatic carbocycles. The number of fused-ring (bicyclic) bond motifs is 2. The fourth-order valence-electron chi connectivity index (χ4n) is 4.43. The highest BCUT2D eigenvalue weighted by molar-refractivity contribution is 6.02. The van der Waals surface area contributed by atoms with Crippen molar-refractivity contribution < 1.29 is 19.3 Å². The minimum absolute atomic E-state index is 0.112. The van der Waals surface area contributed by atoms with Gasteiger partial charge in [-0.3, -0.25) is 14.9 Å². The Kier molecular flexibility index (Phi) is 3.90. The molecule has 1 aromatic rings. The van der Waals surface area contributed by atoms with Gasteiger partial charge in [0.05, 0.1) is 21.6 Å². The summed E-state index contributed by atoms with van der Waals surface area (Å²) >= 11 is 0. The highest BCUT2D eigenvalue weighted by atomic mass is 16.7. The van der Waals surface area contributed by atoms with Crippen LogP contribution in [-0.4, -0.2) is 22.5 Å². The van der Waals surface area contributed by atoms with Gasteiger partial charge in [0.25, 0.3) is 5.69 Å². The van der Waals surface area contributed by atoms with Crippen molar-refractivity contribution in [3.8, 4) is 0 Å². The number of amides is 1. The molecule has 8 nitrogen and oxygen atoms in total. The van der Waals surface area contributed by atoms with Gasteiger partial charge in [0.2, 0.25) is 5.91 Å². The molecule has 2 bridgehead atoms. The molecule has 2 saturated carbocycles. The average Bonchev–Trinajstić information content (AvgIpc) is 2.90. The molecule has 3 rings (SSSR count). The molecule has 138 valence electrons. The van der Waals surface area contributed by atoms with E-state index in [0.717, 1.165) is 6.42 Å². The van der Waals surface area contributed by atoms with Crippen LogP contribution in [0.25, 0.3) is 0 Å². The number of nitro benzene ring substituents is 1. The number of oxime groups is 1. The van der Waals surface area contributed by atoms with E-state index < -0.39 is 16.3 Å². The van der Waals surface area contributed by atoms with Crippen LogP contribution in [-0.2, 0) is 9.63 Å². The molecule has 0 radical (unpaired) electrons. The molecule has 2 N–H and O–H groups in total. The van der Waals surface area contributed by atoms with Gasteiger partial charge in [-0.1, -0.05) is 25.9 Å². The van der Waals surface area contributed by atoms with Gasteiger partial charge in [-0.25, -0.2) is 4.79 Å². The molecule has 2 unspecified atom stereocenters. The van der Waals surface area contributed by atoms with Crippen molar-refractivity contribution >= 4 is 23.3 Å². The summed E-state index contributed by atoms with van der Waals surface area (Å²) in [6, 6.07) is 5.09. The fourth-order valence-corrected chi connectivity index (χ4v) is 4.43. The second-order valence-corrected chi connectivity index (χ2v) is 7.80. The minimum atomic E-state index is -0.704. The molecule has 8 heteroatoms.